The van der Waals surface area contributed by atoms with E-state index in [1.807, 2.05) is 6.92 Å². The van der Waals surface area contributed by atoms with Crippen LogP contribution < -0.4 is 10.5 Å². The summed E-state index contributed by atoms with van der Waals surface area (Å²) in [5.74, 6) is 0.534. The van der Waals surface area contributed by atoms with Gasteiger partial charge in [-0.05, 0) is 12.5 Å². The van der Waals surface area contributed by atoms with E-state index in [2.05, 4.69) is 4.98 Å². The minimum Gasteiger partial charge on any atom is -0.481 e. The Morgan fingerprint density at radius 3 is 2.83 bits per heavy atom. The zero-order valence-corrected chi connectivity index (χ0v) is 7.80. The molecule has 66 valence electrons. The largest absolute Gasteiger partial charge is 0.481 e. The van der Waals surface area contributed by atoms with E-state index in [0.29, 0.717) is 10.9 Å². The van der Waals surface area contributed by atoms with E-state index in [4.69, 9.17) is 22.1 Å². The normalized spacial score (nSPS) is 12.7. The van der Waals surface area contributed by atoms with Crippen LogP contribution in [0.1, 0.15) is 18.5 Å². The van der Waals surface area contributed by atoms with Crippen molar-refractivity contribution in [1.82, 2.24) is 4.98 Å². The third kappa shape index (κ3) is 1.87. The Labute approximate surface area is 76.5 Å². The predicted molar refractivity (Wildman–Crippen MR) is 48.4 cm³/mol. The lowest BCUT2D eigenvalue weighted by Gasteiger charge is -2.08. The minimum absolute atomic E-state index is 0.102. The van der Waals surface area contributed by atoms with Crippen LogP contribution >= 0.6 is 11.6 Å². The maximum atomic E-state index is 5.85. The molecule has 12 heavy (non-hydrogen) atoms. The van der Waals surface area contributed by atoms with Crippen molar-refractivity contribution in [1.29, 1.82) is 0 Å². The molecule has 1 aromatic heterocycles. The molecule has 1 unspecified atom stereocenters. The van der Waals surface area contributed by atoms with Crippen molar-refractivity contribution >= 4 is 11.6 Å². The summed E-state index contributed by atoms with van der Waals surface area (Å²) in [6.45, 7) is 1.86. The summed E-state index contributed by atoms with van der Waals surface area (Å²) in [6.07, 6.45) is 1.54. The average molecular weight is 187 g/mol. The molecule has 1 atom stereocenters. The van der Waals surface area contributed by atoms with Crippen LogP contribution in [0.4, 0.5) is 0 Å². The van der Waals surface area contributed by atoms with Gasteiger partial charge in [-0.25, -0.2) is 4.98 Å². The predicted octanol–water partition coefficient (Wildman–Crippen LogP) is 1.76. The number of nitrogens with zero attached hydrogens (tertiary/aromatic N) is 1. The first-order chi connectivity index (χ1) is 5.65. The molecule has 1 aromatic rings. The zero-order valence-electron chi connectivity index (χ0n) is 7.04. The fourth-order valence-electron chi connectivity index (χ4n) is 0.895. The molecule has 0 saturated carbocycles. The zero-order chi connectivity index (χ0) is 9.14. The lowest BCUT2D eigenvalue weighted by Crippen LogP contribution is -2.06. The quantitative estimate of drug-likeness (QED) is 0.766. The first-order valence-electron chi connectivity index (χ1n) is 3.60. The SMILES string of the molecule is COc1cc(C(C)N)c(Cl)cn1. The van der Waals surface area contributed by atoms with E-state index >= 15 is 0 Å². The molecule has 4 heteroatoms. The van der Waals surface area contributed by atoms with Crippen molar-refractivity contribution in [2.75, 3.05) is 7.11 Å². The molecule has 0 aliphatic carbocycles. The average Bonchev–Trinajstić information content (AvgIpc) is 2.05. The van der Waals surface area contributed by atoms with Crippen molar-refractivity contribution in [3.05, 3.63) is 22.8 Å². The highest BCUT2D eigenvalue weighted by molar-refractivity contribution is 6.31. The van der Waals surface area contributed by atoms with Crippen LogP contribution in [0.3, 0.4) is 0 Å². The Kier molecular flexibility index (Phi) is 2.89. The highest BCUT2D eigenvalue weighted by Crippen LogP contribution is 2.23. The highest BCUT2D eigenvalue weighted by atomic mass is 35.5. The van der Waals surface area contributed by atoms with Gasteiger partial charge in [0.2, 0.25) is 5.88 Å². The lowest BCUT2D eigenvalue weighted by atomic mass is 10.1. The molecule has 1 heterocycles. The summed E-state index contributed by atoms with van der Waals surface area (Å²) in [7, 11) is 1.56. The van der Waals surface area contributed by atoms with Gasteiger partial charge in [-0.3, -0.25) is 0 Å². The van der Waals surface area contributed by atoms with Gasteiger partial charge in [0.05, 0.1) is 12.1 Å². The van der Waals surface area contributed by atoms with E-state index in [0.717, 1.165) is 5.56 Å². The van der Waals surface area contributed by atoms with Gasteiger partial charge < -0.3 is 10.5 Å². The second-order valence-corrected chi connectivity index (χ2v) is 2.94. The molecule has 0 bridgehead atoms. The number of methoxy groups -OCH3 is 1. The lowest BCUT2D eigenvalue weighted by molar-refractivity contribution is 0.397. The number of pyridine rings is 1. The Morgan fingerprint density at radius 2 is 2.33 bits per heavy atom. The van der Waals surface area contributed by atoms with Gasteiger partial charge in [-0.15, -0.1) is 0 Å². The molecule has 0 amide bonds. The highest BCUT2D eigenvalue weighted by Gasteiger charge is 2.06. The Morgan fingerprint density at radius 1 is 1.67 bits per heavy atom. The van der Waals surface area contributed by atoms with Crippen LogP contribution in [0.5, 0.6) is 5.88 Å². The molecule has 0 fully saturated rings. The van der Waals surface area contributed by atoms with Crippen molar-refractivity contribution in [3.63, 3.8) is 0 Å². The Bertz CT molecular complexity index is 276. The summed E-state index contributed by atoms with van der Waals surface area (Å²) in [6, 6.07) is 1.64. The molecule has 0 radical (unpaired) electrons. The van der Waals surface area contributed by atoms with Gasteiger partial charge >= 0.3 is 0 Å². The minimum atomic E-state index is -0.102. The van der Waals surface area contributed by atoms with E-state index in [9.17, 15) is 0 Å². The first-order valence-corrected chi connectivity index (χ1v) is 3.98. The summed E-state index contributed by atoms with van der Waals surface area (Å²) >= 11 is 5.85. The summed E-state index contributed by atoms with van der Waals surface area (Å²) < 4.78 is 4.93. The van der Waals surface area contributed by atoms with Gasteiger partial charge in [0.25, 0.3) is 0 Å². The summed E-state index contributed by atoms with van der Waals surface area (Å²) in [5, 5.41) is 0.575. The van der Waals surface area contributed by atoms with E-state index in [-0.39, 0.29) is 6.04 Å². The molecule has 2 N–H and O–H groups in total. The van der Waals surface area contributed by atoms with Crippen molar-refractivity contribution in [2.24, 2.45) is 5.73 Å². The first kappa shape index (κ1) is 9.29. The van der Waals surface area contributed by atoms with Crippen LogP contribution in [-0.2, 0) is 0 Å². The van der Waals surface area contributed by atoms with Crippen LogP contribution in [0, 0.1) is 0 Å². The molecular formula is C8H11ClN2O. The number of aromatic nitrogens is 1. The van der Waals surface area contributed by atoms with Crippen molar-refractivity contribution in [2.45, 2.75) is 13.0 Å². The molecular weight excluding hydrogens is 176 g/mol. The maximum Gasteiger partial charge on any atom is 0.213 e. The van der Waals surface area contributed by atoms with E-state index in [1.165, 1.54) is 0 Å². The standard InChI is InChI=1S/C8H11ClN2O/c1-5(10)6-3-8(12-2)11-4-7(6)9/h3-5H,10H2,1-2H3. The second-order valence-electron chi connectivity index (χ2n) is 2.54. The van der Waals surface area contributed by atoms with Gasteiger partial charge in [0.1, 0.15) is 0 Å². The fourth-order valence-corrected chi connectivity index (χ4v) is 1.17. The van der Waals surface area contributed by atoms with Crippen molar-refractivity contribution in [3.8, 4) is 5.88 Å². The molecule has 0 spiro atoms. The van der Waals surface area contributed by atoms with Crippen LogP contribution in [0.15, 0.2) is 12.3 Å². The van der Waals surface area contributed by atoms with Gasteiger partial charge in [0, 0.05) is 18.3 Å². The molecule has 0 aromatic carbocycles. The molecule has 3 nitrogen and oxygen atoms in total. The topological polar surface area (TPSA) is 48.1 Å². The number of nitrogens with two attached hydrogens (primary N) is 1. The van der Waals surface area contributed by atoms with Crippen LogP contribution in [0.25, 0.3) is 0 Å². The van der Waals surface area contributed by atoms with E-state index < -0.39 is 0 Å². The van der Waals surface area contributed by atoms with Gasteiger partial charge in [-0.2, -0.15) is 0 Å². The monoisotopic (exact) mass is 186 g/mol. The Balaban J connectivity index is 3.08. The third-order valence-corrected chi connectivity index (χ3v) is 1.88. The third-order valence-electron chi connectivity index (χ3n) is 1.56. The van der Waals surface area contributed by atoms with Gasteiger partial charge in [-0.1, -0.05) is 11.6 Å². The number of rotatable bonds is 2. The van der Waals surface area contributed by atoms with Gasteiger partial charge in [0.15, 0.2) is 0 Å². The van der Waals surface area contributed by atoms with Crippen LogP contribution in [0.2, 0.25) is 5.02 Å². The Hall–Kier alpha value is -0.800. The fraction of sp³-hybridized carbons (Fsp3) is 0.375. The smallest absolute Gasteiger partial charge is 0.213 e. The second kappa shape index (κ2) is 3.74. The van der Waals surface area contributed by atoms with Crippen LogP contribution in [-0.4, -0.2) is 12.1 Å². The number of hydrogen-bond acceptors (Lipinski definition) is 3. The van der Waals surface area contributed by atoms with E-state index in [1.54, 1.807) is 19.4 Å². The molecule has 0 aliphatic rings. The number of hydrogen-bond donors (Lipinski definition) is 1. The summed E-state index contributed by atoms with van der Waals surface area (Å²) in [5.41, 5.74) is 6.52. The molecule has 1 rings (SSSR count). The maximum absolute atomic E-state index is 5.85. The molecule has 0 aliphatic heterocycles. The number of ether oxygens (including phenoxy) is 1. The number of halogens is 1. The molecule has 0 saturated heterocycles. The van der Waals surface area contributed by atoms with Crippen molar-refractivity contribution < 1.29 is 4.74 Å². The summed E-state index contributed by atoms with van der Waals surface area (Å²) in [4.78, 5) is 3.93.